The zero-order chi connectivity index (χ0) is 13.1. The van der Waals surface area contributed by atoms with Gasteiger partial charge in [0.25, 0.3) is 0 Å². The second kappa shape index (κ2) is 5.82. The molecule has 0 saturated heterocycles. The number of nitrogens with zero attached hydrogens (tertiary/aromatic N) is 1. The van der Waals surface area contributed by atoms with Crippen LogP contribution in [0.15, 0.2) is 6.20 Å². The normalized spacial score (nSPS) is 15.9. The summed E-state index contributed by atoms with van der Waals surface area (Å²) < 4.78 is 37.3. The summed E-state index contributed by atoms with van der Waals surface area (Å²) in [4.78, 5) is 4.11. The summed E-state index contributed by atoms with van der Waals surface area (Å²) in [7, 11) is 1.77. The first-order chi connectivity index (χ1) is 7.90. The van der Waals surface area contributed by atoms with Crippen molar-refractivity contribution in [1.29, 1.82) is 0 Å². The van der Waals surface area contributed by atoms with Gasteiger partial charge in [-0.05, 0) is 19.4 Å². The SMILES string of the molecule is CCCC(C)C(NC)c1cnc(C(F)(F)F)s1. The molecule has 1 aromatic heterocycles. The van der Waals surface area contributed by atoms with Crippen LogP contribution in [0.3, 0.4) is 0 Å². The van der Waals surface area contributed by atoms with Crippen molar-refractivity contribution in [1.82, 2.24) is 10.3 Å². The molecule has 6 heteroatoms. The van der Waals surface area contributed by atoms with Gasteiger partial charge in [-0.25, -0.2) is 4.98 Å². The molecule has 0 aliphatic heterocycles. The van der Waals surface area contributed by atoms with Crippen LogP contribution in [0.25, 0.3) is 0 Å². The molecule has 0 aliphatic rings. The number of aromatic nitrogens is 1. The molecule has 17 heavy (non-hydrogen) atoms. The Kier molecular flexibility index (Phi) is 4.94. The predicted molar refractivity (Wildman–Crippen MR) is 63.0 cm³/mol. The molecule has 0 spiro atoms. The quantitative estimate of drug-likeness (QED) is 0.875. The minimum atomic E-state index is -4.34. The van der Waals surface area contributed by atoms with Crippen LogP contribution in [-0.4, -0.2) is 12.0 Å². The zero-order valence-corrected chi connectivity index (χ0v) is 11.0. The van der Waals surface area contributed by atoms with Gasteiger partial charge in [0.15, 0.2) is 5.01 Å². The average Bonchev–Trinajstić information content (AvgIpc) is 2.68. The fraction of sp³-hybridized carbons (Fsp3) is 0.727. The number of halogens is 3. The molecule has 0 amide bonds. The molecular weight excluding hydrogens is 249 g/mol. The second-order valence-corrected chi connectivity index (χ2v) is 5.16. The summed E-state index contributed by atoms with van der Waals surface area (Å²) in [5.74, 6) is 0.298. The molecule has 0 saturated carbocycles. The molecule has 2 unspecified atom stereocenters. The Morgan fingerprint density at radius 1 is 1.47 bits per heavy atom. The highest BCUT2D eigenvalue weighted by Crippen LogP contribution is 2.36. The maximum absolute atomic E-state index is 12.4. The summed E-state index contributed by atoms with van der Waals surface area (Å²) in [6.45, 7) is 4.11. The van der Waals surface area contributed by atoms with E-state index in [9.17, 15) is 13.2 Å². The van der Waals surface area contributed by atoms with E-state index in [1.807, 2.05) is 6.92 Å². The summed E-state index contributed by atoms with van der Waals surface area (Å²) in [6, 6.07) is -0.0523. The van der Waals surface area contributed by atoms with E-state index in [-0.39, 0.29) is 6.04 Å². The number of nitrogens with one attached hydrogen (secondary N) is 1. The second-order valence-electron chi connectivity index (χ2n) is 4.10. The average molecular weight is 266 g/mol. The van der Waals surface area contributed by atoms with Gasteiger partial charge in [0.05, 0.1) is 0 Å². The molecule has 1 rings (SSSR count). The summed E-state index contributed by atoms with van der Waals surface area (Å²) >= 11 is 0.728. The lowest BCUT2D eigenvalue weighted by Gasteiger charge is -2.21. The summed E-state index contributed by atoms with van der Waals surface area (Å²) in [5.41, 5.74) is 0. The van der Waals surface area contributed by atoms with Crippen LogP contribution in [0.1, 0.15) is 42.6 Å². The fourth-order valence-corrected chi connectivity index (χ4v) is 2.92. The largest absolute Gasteiger partial charge is 0.443 e. The van der Waals surface area contributed by atoms with Crippen molar-refractivity contribution in [3.8, 4) is 0 Å². The first kappa shape index (κ1) is 14.4. The summed E-state index contributed by atoms with van der Waals surface area (Å²) in [5, 5.41) is 2.30. The highest BCUT2D eigenvalue weighted by Gasteiger charge is 2.35. The minimum Gasteiger partial charge on any atom is -0.312 e. The standard InChI is InChI=1S/C11H17F3N2S/c1-4-5-7(2)9(15-3)8-6-16-10(17-8)11(12,13)14/h6-7,9,15H,4-5H2,1-3H3. The molecule has 2 nitrogen and oxygen atoms in total. The Morgan fingerprint density at radius 2 is 2.12 bits per heavy atom. The molecule has 1 aromatic rings. The first-order valence-corrected chi connectivity index (χ1v) is 6.42. The van der Waals surface area contributed by atoms with E-state index in [0.717, 1.165) is 24.2 Å². The Hall–Kier alpha value is -0.620. The van der Waals surface area contributed by atoms with Crippen LogP contribution >= 0.6 is 11.3 Å². The molecule has 98 valence electrons. The molecule has 0 aliphatic carbocycles. The first-order valence-electron chi connectivity index (χ1n) is 5.60. The molecule has 0 radical (unpaired) electrons. The van der Waals surface area contributed by atoms with Gasteiger partial charge < -0.3 is 5.32 Å². The third kappa shape index (κ3) is 3.67. The van der Waals surface area contributed by atoms with Crippen molar-refractivity contribution in [2.24, 2.45) is 5.92 Å². The Bertz CT molecular complexity index is 349. The highest BCUT2D eigenvalue weighted by molar-refractivity contribution is 7.11. The van der Waals surface area contributed by atoms with Crippen molar-refractivity contribution >= 4 is 11.3 Å². The molecule has 0 bridgehead atoms. The Balaban J connectivity index is 2.86. The third-order valence-electron chi connectivity index (χ3n) is 2.70. The third-order valence-corrected chi connectivity index (χ3v) is 3.82. The number of rotatable bonds is 5. The topological polar surface area (TPSA) is 24.9 Å². The van der Waals surface area contributed by atoms with Gasteiger partial charge in [-0.1, -0.05) is 20.3 Å². The zero-order valence-electron chi connectivity index (χ0n) is 10.1. The Morgan fingerprint density at radius 3 is 2.53 bits per heavy atom. The van der Waals surface area contributed by atoms with E-state index in [1.54, 1.807) is 7.05 Å². The number of alkyl halides is 3. The van der Waals surface area contributed by atoms with Crippen molar-refractivity contribution in [3.63, 3.8) is 0 Å². The van der Waals surface area contributed by atoms with E-state index in [0.29, 0.717) is 10.8 Å². The monoisotopic (exact) mass is 266 g/mol. The van der Waals surface area contributed by atoms with Crippen LogP contribution in [-0.2, 0) is 6.18 Å². The van der Waals surface area contributed by atoms with Crippen LogP contribution in [0.5, 0.6) is 0 Å². The fourth-order valence-electron chi connectivity index (χ4n) is 1.89. The predicted octanol–water partition coefficient (Wildman–Crippen LogP) is 3.86. The van der Waals surface area contributed by atoms with Crippen LogP contribution < -0.4 is 5.32 Å². The molecule has 2 atom stereocenters. The van der Waals surface area contributed by atoms with E-state index < -0.39 is 11.2 Å². The van der Waals surface area contributed by atoms with Crippen molar-refractivity contribution < 1.29 is 13.2 Å². The molecule has 0 fully saturated rings. The molecular formula is C11H17F3N2S. The van der Waals surface area contributed by atoms with Crippen LogP contribution in [0.4, 0.5) is 13.2 Å². The number of hydrogen-bond donors (Lipinski definition) is 1. The minimum absolute atomic E-state index is 0.0523. The van der Waals surface area contributed by atoms with Gasteiger partial charge in [-0.15, -0.1) is 11.3 Å². The maximum Gasteiger partial charge on any atom is 0.443 e. The van der Waals surface area contributed by atoms with Crippen LogP contribution in [0.2, 0.25) is 0 Å². The van der Waals surface area contributed by atoms with Crippen molar-refractivity contribution in [3.05, 3.63) is 16.1 Å². The lowest BCUT2D eigenvalue weighted by Crippen LogP contribution is -2.22. The van der Waals surface area contributed by atoms with E-state index >= 15 is 0 Å². The van der Waals surface area contributed by atoms with Gasteiger partial charge in [0.2, 0.25) is 0 Å². The lowest BCUT2D eigenvalue weighted by atomic mass is 9.96. The highest BCUT2D eigenvalue weighted by atomic mass is 32.1. The molecule has 1 N–H and O–H groups in total. The maximum atomic E-state index is 12.4. The van der Waals surface area contributed by atoms with Gasteiger partial charge in [0, 0.05) is 17.1 Å². The van der Waals surface area contributed by atoms with E-state index in [4.69, 9.17) is 0 Å². The van der Waals surface area contributed by atoms with Crippen molar-refractivity contribution in [2.75, 3.05) is 7.05 Å². The number of thiazole rings is 1. The van der Waals surface area contributed by atoms with E-state index in [2.05, 4.69) is 17.2 Å². The van der Waals surface area contributed by atoms with Gasteiger partial charge >= 0.3 is 6.18 Å². The molecule has 0 aromatic carbocycles. The summed E-state index contributed by atoms with van der Waals surface area (Å²) in [6.07, 6.45) is -1.01. The van der Waals surface area contributed by atoms with Gasteiger partial charge in [-0.2, -0.15) is 13.2 Å². The van der Waals surface area contributed by atoms with Crippen LogP contribution in [0, 0.1) is 5.92 Å². The van der Waals surface area contributed by atoms with Gasteiger partial charge in [0.1, 0.15) is 0 Å². The van der Waals surface area contributed by atoms with Crippen molar-refractivity contribution in [2.45, 2.75) is 38.9 Å². The van der Waals surface area contributed by atoms with E-state index in [1.165, 1.54) is 6.20 Å². The lowest BCUT2D eigenvalue weighted by molar-refractivity contribution is -0.137. The number of hydrogen-bond acceptors (Lipinski definition) is 3. The smallest absolute Gasteiger partial charge is 0.312 e. The van der Waals surface area contributed by atoms with Gasteiger partial charge in [-0.3, -0.25) is 0 Å². The molecule has 1 heterocycles. The Labute approximate surface area is 103 Å².